The molecule has 2 fully saturated rings. The van der Waals surface area contributed by atoms with Gasteiger partial charge >= 0.3 is 6.03 Å². The zero-order valence-electron chi connectivity index (χ0n) is 14.8. The average Bonchev–Trinajstić information content (AvgIpc) is 2.75. The zero-order chi connectivity index (χ0) is 18.0. The maximum Gasteiger partial charge on any atom is 0.321 e. The molecule has 3 amide bonds. The van der Waals surface area contributed by atoms with Crippen LogP contribution in [-0.4, -0.2) is 60.5 Å². The molecule has 0 aliphatic carbocycles. The molecule has 0 bridgehead atoms. The molecule has 2 aliphatic rings. The third-order valence-electron chi connectivity index (χ3n) is 5.45. The van der Waals surface area contributed by atoms with Crippen molar-refractivity contribution in [3.05, 3.63) is 28.8 Å². The van der Waals surface area contributed by atoms with Crippen molar-refractivity contribution in [2.75, 3.05) is 38.5 Å². The van der Waals surface area contributed by atoms with Gasteiger partial charge in [0.15, 0.2) is 0 Å². The van der Waals surface area contributed by atoms with Crippen molar-refractivity contribution < 1.29 is 9.59 Å². The smallest absolute Gasteiger partial charge is 0.321 e. The summed E-state index contributed by atoms with van der Waals surface area (Å²) in [5, 5.41) is 6.59. The van der Waals surface area contributed by atoms with E-state index in [9.17, 15) is 9.59 Å². The van der Waals surface area contributed by atoms with E-state index in [1.165, 1.54) is 0 Å². The van der Waals surface area contributed by atoms with Crippen LogP contribution in [0.1, 0.15) is 24.8 Å². The van der Waals surface area contributed by atoms with E-state index in [1.54, 1.807) is 6.07 Å². The second-order valence-electron chi connectivity index (χ2n) is 7.06. The highest BCUT2D eigenvalue weighted by Gasteiger charge is 2.42. The molecule has 136 valence electrons. The summed E-state index contributed by atoms with van der Waals surface area (Å²) in [7, 11) is 2.09. The van der Waals surface area contributed by atoms with Crippen molar-refractivity contribution in [1.82, 2.24) is 15.1 Å². The summed E-state index contributed by atoms with van der Waals surface area (Å²) in [6.07, 6.45) is 2.15. The number of hydrogen-bond acceptors (Lipinski definition) is 3. The van der Waals surface area contributed by atoms with Gasteiger partial charge in [-0.2, -0.15) is 0 Å². The first-order valence-corrected chi connectivity index (χ1v) is 9.07. The summed E-state index contributed by atoms with van der Waals surface area (Å²) in [5.41, 5.74) is 1.58. The lowest BCUT2D eigenvalue weighted by molar-refractivity contribution is -0.121. The number of carbonyl (C=O) groups excluding carboxylic acids is 2. The predicted octanol–water partition coefficient (Wildman–Crippen LogP) is 2.47. The van der Waals surface area contributed by atoms with Crippen LogP contribution in [0.25, 0.3) is 0 Å². The molecule has 6 nitrogen and oxygen atoms in total. The molecule has 1 aromatic carbocycles. The second kappa shape index (κ2) is 7.22. The highest BCUT2D eigenvalue weighted by atomic mass is 35.5. The van der Waals surface area contributed by atoms with Crippen LogP contribution >= 0.6 is 11.6 Å². The summed E-state index contributed by atoms with van der Waals surface area (Å²) in [6.45, 7) is 4.71. The van der Waals surface area contributed by atoms with Crippen LogP contribution in [0.4, 0.5) is 10.5 Å². The minimum Gasteiger partial charge on any atom is -0.356 e. The van der Waals surface area contributed by atoms with Gasteiger partial charge in [-0.15, -0.1) is 0 Å². The number of hydrogen-bond donors (Lipinski definition) is 2. The van der Waals surface area contributed by atoms with Crippen LogP contribution in [0.2, 0.25) is 5.02 Å². The van der Waals surface area contributed by atoms with E-state index >= 15 is 0 Å². The molecular weight excluding hydrogens is 340 g/mol. The van der Waals surface area contributed by atoms with Gasteiger partial charge in [-0.1, -0.05) is 11.6 Å². The molecule has 1 atom stereocenters. The Morgan fingerprint density at radius 1 is 1.32 bits per heavy atom. The maximum absolute atomic E-state index is 12.8. The number of rotatable bonds is 1. The Labute approximate surface area is 153 Å². The van der Waals surface area contributed by atoms with Crippen LogP contribution in [0.5, 0.6) is 0 Å². The maximum atomic E-state index is 12.8. The van der Waals surface area contributed by atoms with Gasteiger partial charge in [0.1, 0.15) is 0 Å². The van der Waals surface area contributed by atoms with Gasteiger partial charge in [-0.25, -0.2) is 4.79 Å². The third-order valence-corrected chi connectivity index (χ3v) is 5.68. The molecule has 25 heavy (non-hydrogen) atoms. The Morgan fingerprint density at radius 3 is 2.88 bits per heavy atom. The van der Waals surface area contributed by atoms with Crippen LogP contribution in [-0.2, 0) is 4.79 Å². The molecule has 7 heteroatoms. The fourth-order valence-corrected chi connectivity index (χ4v) is 3.96. The van der Waals surface area contributed by atoms with Crippen molar-refractivity contribution in [1.29, 1.82) is 0 Å². The normalized spacial score (nSPS) is 24.8. The van der Waals surface area contributed by atoms with E-state index in [0.29, 0.717) is 31.1 Å². The molecule has 0 saturated carbocycles. The number of nitrogens with one attached hydrogen (secondary N) is 2. The molecule has 3 rings (SSSR count). The average molecular weight is 365 g/mol. The first kappa shape index (κ1) is 18.0. The topological polar surface area (TPSA) is 64.7 Å². The molecule has 0 radical (unpaired) electrons. The van der Waals surface area contributed by atoms with Crippen LogP contribution < -0.4 is 10.6 Å². The number of nitrogens with zero attached hydrogens (tertiary/aromatic N) is 2. The first-order valence-electron chi connectivity index (χ1n) is 8.70. The Morgan fingerprint density at radius 2 is 2.12 bits per heavy atom. The molecule has 1 unspecified atom stereocenters. The predicted molar refractivity (Wildman–Crippen MR) is 99.0 cm³/mol. The van der Waals surface area contributed by atoms with Crippen LogP contribution in [0, 0.1) is 6.92 Å². The summed E-state index contributed by atoms with van der Waals surface area (Å²) < 4.78 is 0. The minimum absolute atomic E-state index is 0.0959. The number of piperazine rings is 1. The van der Waals surface area contributed by atoms with Gasteiger partial charge in [0.05, 0.1) is 0 Å². The van der Waals surface area contributed by atoms with Crippen molar-refractivity contribution in [2.24, 2.45) is 0 Å². The van der Waals surface area contributed by atoms with E-state index in [0.717, 1.165) is 30.6 Å². The second-order valence-corrected chi connectivity index (χ2v) is 7.49. The fourth-order valence-electron chi connectivity index (χ4n) is 3.73. The molecule has 1 spiro atoms. The van der Waals surface area contributed by atoms with E-state index in [4.69, 9.17) is 11.6 Å². The van der Waals surface area contributed by atoms with Gasteiger partial charge in [0.2, 0.25) is 5.91 Å². The number of halogens is 1. The third kappa shape index (κ3) is 3.90. The highest BCUT2D eigenvalue weighted by molar-refractivity contribution is 6.30. The Hall–Kier alpha value is -1.79. The first-order chi connectivity index (χ1) is 11.9. The van der Waals surface area contributed by atoms with Gasteiger partial charge in [0, 0.05) is 48.8 Å². The van der Waals surface area contributed by atoms with Gasteiger partial charge in [-0.3, -0.25) is 9.69 Å². The number of carbonyl (C=O) groups is 2. The van der Waals surface area contributed by atoms with Gasteiger partial charge < -0.3 is 15.5 Å². The molecule has 2 aliphatic heterocycles. The molecule has 1 aromatic rings. The summed E-state index contributed by atoms with van der Waals surface area (Å²) in [4.78, 5) is 28.6. The van der Waals surface area contributed by atoms with Crippen molar-refractivity contribution in [3.8, 4) is 0 Å². The number of aryl methyl sites for hydroxylation is 1. The number of likely N-dealkylation sites (N-methyl/N-ethyl adjacent to an activating group) is 1. The van der Waals surface area contributed by atoms with E-state index in [-0.39, 0.29) is 17.5 Å². The Kier molecular flexibility index (Phi) is 5.20. The Bertz CT molecular complexity index is 681. The van der Waals surface area contributed by atoms with Crippen molar-refractivity contribution in [2.45, 2.75) is 31.7 Å². The number of benzene rings is 1. The quantitative estimate of drug-likeness (QED) is 0.804. The summed E-state index contributed by atoms with van der Waals surface area (Å²) >= 11 is 5.98. The van der Waals surface area contributed by atoms with E-state index < -0.39 is 0 Å². The zero-order valence-corrected chi connectivity index (χ0v) is 15.5. The molecular formula is C18H25ClN4O2. The monoisotopic (exact) mass is 364 g/mol. The lowest BCUT2D eigenvalue weighted by Crippen LogP contribution is -2.62. The summed E-state index contributed by atoms with van der Waals surface area (Å²) in [5.74, 6) is 0.101. The largest absolute Gasteiger partial charge is 0.356 e. The van der Waals surface area contributed by atoms with Crippen LogP contribution in [0.3, 0.4) is 0 Å². The van der Waals surface area contributed by atoms with E-state index in [1.807, 2.05) is 24.0 Å². The number of anilines is 1. The minimum atomic E-state index is -0.135. The highest BCUT2D eigenvalue weighted by Crippen LogP contribution is 2.31. The van der Waals surface area contributed by atoms with Crippen molar-refractivity contribution in [3.63, 3.8) is 0 Å². The molecule has 2 N–H and O–H groups in total. The molecule has 0 aromatic heterocycles. The fraction of sp³-hybridized carbons (Fsp3) is 0.556. The van der Waals surface area contributed by atoms with Crippen molar-refractivity contribution >= 4 is 29.2 Å². The summed E-state index contributed by atoms with van der Waals surface area (Å²) in [6, 6.07) is 5.35. The van der Waals surface area contributed by atoms with E-state index in [2.05, 4.69) is 22.6 Å². The SMILES string of the molecule is Cc1cc(Cl)ccc1NC(=O)N1CCN(C)C2(CCNC(=O)CC2)C1. The molecule has 2 heterocycles. The number of urea groups is 1. The molecule has 2 saturated heterocycles. The number of amides is 3. The van der Waals surface area contributed by atoms with Gasteiger partial charge in [-0.05, 0) is 50.6 Å². The van der Waals surface area contributed by atoms with Gasteiger partial charge in [0.25, 0.3) is 0 Å². The van der Waals surface area contributed by atoms with Crippen LogP contribution in [0.15, 0.2) is 18.2 Å². The standard InChI is InChI=1S/C18H25ClN4O2/c1-13-11-14(19)3-4-15(13)21-17(25)23-10-9-22(2)18(12-23)6-5-16(24)20-8-7-18/h3-4,11H,5-10,12H2,1-2H3,(H,20,24)(H,21,25). The lowest BCUT2D eigenvalue weighted by Gasteiger charge is -2.49. The lowest BCUT2D eigenvalue weighted by atomic mass is 9.86. The Balaban J connectivity index is 1.71.